The van der Waals surface area contributed by atoms with Gasteiger partial charge in [-0.2, -0.15) is 0 Å². The highest BCUT2D eigenvalue weighted by Crippen LogP contribution is 2.41. The Morgan fingerprint density at radius 3 is 0.831 bits per heavy atom. The zero-order valence-electron chi connectivity index (χ0n) is 32.4. The van der Waals surface area contributed by atoms with E-state index in [1.807, 2.05) is 42.5 Å². The van der Waals surface area contributed by atoms with Crippen molar-refractivity contribution >= 4 is 28.1 Å². The van der Waals surface area contributed by atoms with Gasteiger partial charge in [0, 0.05) is 28.2 Å². The standard InChI is InChI=1S/C56H39N3/c1-4-16-40(17-5-1)49-22-10-12-24-51(49)42-28-34-46(35-29-42)59(47-36-30-43(31-37-47)52-25-13-11-23-50(52)41-18-6-2-7-19-41)48-38-32-45(33-39-48)56-55(44-20-8-3-9-21-44)57-53-26-14-15-27-54(53)58-56/h1-39H. The predicted octanol–water partition coefficient (Wildman–Crippen LogP) is 15.1. The summed E-state index contributed by atoms with van der Waals surface area (Å²) in [6, 6.07) is 83.5. The molecule has 10 aromatic rings. The molecule has 0 bridgehead atoms. The summed E-state index contributed by atoms with van der Waals surface area (Å²) in [6.07, 6.45) is 0. The van der Waals surface area contributed by atoms with Crippen LogP contribution >= 0.6 is 0 Å². The van der Waals surface area contributed by atoms with Crippen molar-refractivity contribution in [2.75, 3.05) is 4.90 Å². The van der Waals surface area contributed by atoms with Crippen LogP contribution in [0.1, 0.15) is 0 Å². The van der Waals surface area contributed by atoms with E-state index in [1.165, 1.54) is 44.5 Å². The molecule has 9 aromatic carbocycles. The molecule has 0 fully saturated rings. The number of hydrogen-bond acceptors (Lipinski definition) is 3. The molecule has 1 aromatic heterocycles. The second kappa shape index (κ2) is 15.9. The van der Waals surface area contributed by atoms with Crippen LogP contribution in [0.4, 0.5) is 17.1 Å². The fourth-order valence-corrected chi connectivity index (χ4v) is 8.00. The van der Waals surface area contributed by atoms with Crippen molar-refractivity contribution in [3.63, 3.8) is 0 Å². The van der Waals surface area contributed by atoms with Gasteiger partial charge in [-0.05, 0) is 93.0 Å². The number of anilines is 3. The van der Waals surface area contributed by atoms with Crippen molar-refractivity contribution < 1.29 is 0 Å². The lowest BCUT2D eigenvalue weighted by Gasteiger charge is -2.26. The monoisotopic (exact) mass is 753 g/mol. The van der Waals surface area contributed by atoms with E-state index < -0.39 is 0 Å². The molecule has 0 aliphatic rings. The number of para-hydroxylation sites is 2. The summed E-state index contributed by atoms with van der Waals surface area (Å²) in [5.41, 5.74) is 18.3. The number of rotatable bonds is 9. The largest absolute Gasteiger partial charge is 0.311 e. The van der Waals surface area contributed by atoms with Crippen LogP contribution in [0.5, 0.6) is 0 Å². The van der Waals surface area contributed by atoms with Gasteiger partial charge >= 0.3 is 0 Å². The van der Waals surface area contributed by atoms with Gasteiger partial charge in [0.15, 0.2) is 0 Å². The molecular weight excluding hydrogens is 715 g/mol. The molecule has 0 radical (unpaired) electrons. The molecule has 0 aliphatic carbocycles. The number of hydrogen-bond donors (Lipinski definition) is 0. The number of fused-ring (bicyclic) bond motifs is 1. The van der Waals surface area contributed by atoms with Crippen molar-refractivity contribution in [1.29, 1.82) is 0 Å². The highest BCUT2D eigenvalue weighted by Gasteiger charge is 2.18. The lowest BCUT2D eigenvalue weighted by molar-refractivity contribution is 1.27. The Morgan fingerprint density at radius 2 is 0.475 bits per heavy atom. The lowest BCUT2D eigenvalue weighted by Crippen LogP contribution is -2.10. The topological polar surface area (TPSA) is 29.0 Å². The summed E-state index contributed by atoms with van der Waals surface area (Å²) in [4.78, 5) is 12.6. The maximum atomic E-state index is 5.17. The SMILES string of the molecule is c1ccc(-c2ccccc2-c2ccc(N(c3ccc(-c4ccccc4-c4ccccc4)cc3)c3ccc(-c4nc5ccccc5nc4-c4ccccc4)cc3)cc2)cc1. The summed E-state index contributed by atoms with van der Waals surface area (Å²) < 4.78 is 0. The van der Waals surface area contributed by atoms with E-state index in [0.717, 1.165) is 50.6 Å². The third-order valence-corrected chi connectivity index (χ3v) is 10.9. The Morgan fingerprint density at radius 1 is 0.220 bits per heavy atom. The van der Waals surface area contributed by atoms with Crippen molar-refractivity contribution in [3.05, 3.63) is 237 Å². The summed E-state index contributed by atoms with van der Waals surface area (Å²) >= 11 is 0. The molecule has 10 rings (SSSR count). The van der Waals surface area contributed by atoms with E-state index >= 15 is 0 Å². The zero-order chi connectivity index (χ0) is 39.4. The van der Waals surface area contributed by atoms with E-state index in [9.17, 15) is 0 Å². The molecular formula is C56H39N3. The average molecular weight is 754 g/mol. The van der Waals surface area contributed by atoms with E-state index in [-0.39, 0.29) is 0 Å². The summed E-state index contributed by atoms with van der Waals surface area (Å²) in [5, 5.41) is 0. The first kappa shape index (κ1) is 35.5. The average Bonchev–Trinajstić information content (AvgIpc) is 3.33. The van der Waals surface area contributed by atoms with Crippen LogP contribution in [0.3, 0.4) is 0 Å². The third-order valence-electron chi connectivity index (χ3n) is 10.9. The van der Waals surface area contributed by atoms with E-state index in [1.54, 1.807) is 0 Å². The fraction of sp³-hybridized carbons (Fsp3) is 0. The van der Waals surface area contributed by atoms with Crippen LogP contribution in [0.15, 0.2) is 237 Å². The Balaban J connectivity index is 1.06. The molecule has 0 amide bonds. The van der Waals surface area contributed by atoms with E-state index in [0.29, 0.717) is 0 Å². The van der Waals surface area contributed by atoms with Gasteiger partial charge < -0.3 is 4.90 Å². The van der Waals surface area contributed by atoms with Gasteiger partial charge in [-0.15, -0.1) is 0 Å². The minimum Gasteiger partial charge on any atom is -0.311 e. The van der Waals surface area contributed by atoms with Gasteiger partial charge in [0.1, 0.15) is 0 Å². The summed E-state index contributed by atoms with van der Waals surface area (Å²) in [7, 11) is 0. The van der Waals surface area contributed by atoms with E-state index in [4.69, 9.17) is 9.97 Å². The maximum absolute atomic E-state index is 5.17. The van der Waals surface area contributed by atoms with Gasteiger partial charge in [-0.25, -0.2) is 9.97 Å². The predicted molar refractivity (Wildman–Crippen MR) is 247 cm³/mol. The molecule has 278 valence electrons. The van der Waals surface area contributed by atoms with Gasteiger partial charge in [0.05, 0.1) is 22.4 Å². The highest BCUT2D eigenvalue weighted by molar-refractivity contribution is 5.89. The first-order valence-corrected chi connectivity index (χ1v) is 20.0. The quantitative estimate of drug-likeness (QED) is 0.147. The Labute approximate surface area is 345 Å². The summed E-state index contributed by atoms with van der Waals surface area (Å²) in [5.74, 6) is 0. The second-order valence-electron chi connectivity index (χ2n) is 14.6. The Kier molecular flexibility index (Phi) is 9.59. The third kappa shape index (κ3) is 7.18. The molecule has 59 heavy (non-hydrogen) atoms. The minimum atomic E-state index is 0.857. The first-order chi connectivity index (χ1) is 29.3. The summed E-state index contributed by atoms with van der Waals surface area (Å²) in [6.45, 7) is 0. The van der Waals surface area contributed by atoms with Crippen LogP contribution in [0, 0.1) is 0 Å². The van der Waals surface area contributed by atoms with Crippen molar-refractivity contribution in [2.24, 2.45) is 0 Å². The van der Waals surface area contributed by atoms with Crippen LogP contribution in [0.25, 0.3) is 78.1 Å². The molecule has 0 atom stereocenters. The van der Waals surface area contributed by atoms with Gasteiger partial charge in [0.2, 0.25) is 0 Å². The molecule has 0 N–H and O–H groups in total. The molecule has 0 saturated heterocycles. The zero-order valence-corrected chi connectivity index (χ0v) is 32.4. The first-order valence-electron chi connectivity index (χ1n) is 20.0. The lowest BCUT2D eigenvalue weighted by atomic mass is 9.94. The molecule has 0 unspecified atom stereocenters. The van der Waals surface area contributed by atoms with Crippen molar-refractivity contribution in [3.8, 4) is 67.0 Å². The molecule has 3 nitrogen and oxygen atoms in total. The van der Waals surface area contributed by atoms with Crippen LogP contribution < -0.4 is 4.90 Å². The number of aromatic nitrogens is 2. The molecule has 0 spiro atoms. The van der Waals surface area contributed by atoms with Crippen molar-refractivity contribution in [1.82, 2.24) is 9.97 Å². The van der Waals surface area contributed by atoms with Crippen LogP contribution in [-0.2, 0) is 0 Å². The molecule has 0 aliphatic heterocycles. The van der Waals surface area contributed by atoms with Gasteiger partial charge in [-0.1, -0.05) is 188 Å². The fourth-order valence-electron chi connectivity index (χ4n) is 8.00. The number of benzene rings is 9. The Bertz CT molecular complexity index is 2870. The van der Waals surface area contributed by atoms with Gasteiger partial charge in [-0.3, -0.25) is 0 Å². The number of nitrogens with zero attached hydrogens (tertiary/aromatic N) is 3. The minimum absolute atomic E-state index is 0.857. The van der Waals surface area contributed by atoms with E-state index in [2.05, 4.69) is 199 Å². The molecule has 0 saturated carbocycles. The van der Waals surface area contributed by atoms with Crippen molar-refractivity contribution in [2.45, 2.75) is 0 Å². The molecule has 1 heterocycles. The molecule has 3 heteroatoms. The normalized spacial score (nSPS) is 11.1. The van der Waals surface area contributed by atoms with Crippen LogP contribution in [0.2, 0.25) is 0 Å². The van der Waals surface area contributed by atoms with Gasteiger partial charge in [0.25, 0.3) is 0 Å². The van der Waals surface area contributed by atoms with Crippen LogP contribution in [-0.4, -0.2) is 9.97 Å². The second-order valence-corrected chi connectivity index (χ2v) is 14.6. The Hall–Kier alpha value is -7.88. The smallest absolute Gasteiger partial charge is 0.0973 e. The maximum Gasteiger partial charge on any atom is 0.0973 e. The highest BCUT2D eigenvalue weighted by atomic mass is 15.1.